The fourth-order valence-electron chi connectivity index (χ4n) is 4.58. The number of aromatic nitrogens is 2. The van der Waals surface area contributed by atoms with E-state index in [-0.39, 0.29) is 5.41 Å². The fraction of sp³-hybridized carbons (Fsp3) is 0.385. The zero-order valence-electron chi connectivity index (χ0n) is 18.1. The van der Waals surface area contributed by atoms with E-state index >= 15 is 0 Å². The molecular weight excluding hydrogens is 386 g/mol. The number of hydrogen-bond acceptors (Lipinski definition) is 5. The zero-order chi connectivity index (χ0) is 21.1. The number of aryl methyl sites for hydroxylation is 1. The average Bonchev–Trinajstić information content (AvgIpc) is 2.80. The van der Waals surface area contributed by atoms with Crippen LogP contribution in [0.15, 0.2) is 60.9 Å². The number of nitrogens with zero attached hydrogens (tertiary/aromatic N) is 3. The van der Waals surface area contributed by atoms with Crippen LogP contribution in [-0.4, -0.2) is 36.3 Å². The standard InChI is InChI=1S/C26H29N3O2/c1-20-3-5-21(6-4-20)26(11-2-12-26)22-7-9-24(10-8-22)31-19-23-17-27-18-25(28-23)29-13-15-30-16-14-29/h3-10,17-18H,2,11-16,19H2,1H3. The van der Waals surface area contributed by atoms with Crippen LogP contribution < -0.4 is 9.64 Å². The molecule has 0 atom stereocenters. The molecule has 0 unspecified atom stereocenters. The molecule has 0 amide bonds. The van der Waals surface area contributed by atoms with Crippen molar-refractivity contribution in [1.82, 2.24) is 9.97 Å². The van der Waals surface area contributed by atoms with Crippen LogP contribution in [0.3, 0.4) is 0 Å². The van der Waals surface area contributed by atoms with E-state index in [1.54, 1.807) is 6.20 Å². The van der Waals surface area contributed by atoms with Crippen molar-refractivity contribution in [3.63, 3.8) is 0 Å². The molecule has 160 valence electrons. The minimum absolute atomic E-state index is 0.157. The molecule has 0 radical (unpaired) electrons. The highest BCUT2D eigenvalue weighted by molar-refractivity contribution is 5.44. The number of benzene rings is 2. The van der Waals surface area contributed by atoms with Crippen molar-refractivity contribution in [3.8, 4) is 5.75 Å². The molecule has 5 nitrogen and oxygen atoms in total. The molecular formula is C26H29N3O2. The van der Waals surface area contributed by atoms with Gasteiger partial charge in [-0.1, -0.05) is 48.4 Å². The predicted molar refractivity (Wildman–Crippen MR) is 122 cm³/mol. The summed E-state index contributed by atoms with van der Waals surface area (Å²) < 4.78 is 11.5. The third kappa shape index (κ3) is 4.15. The lowest BCUT2D eigenvalue weighted by Gasteiger charge is -2.43. The van der Waals surface area contributed by atoms with Crippen molar-refractivity contribution in [2.24, 2.45) is 0 Å². The summed E-state index contributed by atoms with van der Waals surface area (Å²) in [5.41, 5.74) is 5.10. The molecule has 0 N–H and O–H groups in total. The van der Waals surface area contributed by atoms with Crippen LogP contribution in [-0.2, 0) is 16.8 Å². The first-order valence-corrected chi connectivity index (χ1v) is 11.2. The number of morpholine rings is 1. The van der Waals surface area contributed by atoms with E-state index < -0.39 is 0 Å². The number of hydrogen-bond donors (Lipinski definition) is 0. The summed E-state index contributed by atoms with van der Waals surface area (Å²) in [6.45, 7) is 5.72. The van der Waals surface area contributed by atoms with Crippen LogP contribution in [0.2, 0.25) is 0 Å². The van der Waals surface area contributed by atoms with Crippen molar-refractivity contribution in [2.75, 3.05) is 31.2 Å². The SMILES string of the molecule is Cc1ccc(C2(c3ccc(OCc4cncc(N5CCOCC5)n4)cc3)CCC2)cc1. The predicted octanol–water partition coefficient (Wildman–Crippen LogP) is 4.67. The highest BCUT2D eigenvalue weighted by Crippen LogP contribution is 2.49. The molecule has 2 aliphatic rings. The van der Waals surface area contributed by atoms with Gasteiger partial charge in [0.05, 0.1) is 31.3 Å². The van der Waals surface area contributed by atoms with E-state index in [2.05, 4.69) is 65.3 Å². The van der Waals surface area contributed by atoms with Gasteiger partial charge in [-0.2, -0.15) is 0 Å². The quantitative estimate of drug-likeness (QED) is 0.585. The number of ether oxygens (including phenoxy) is 2. The summed E-state index contributed by atoms with van der Waals surface area (Å²) in [7, 11) is 0. The third-order valence-corrected chi connectivity index (χ3v) is 6.61. The summed E-state index contributed by atoms with van der Waals surface area (Å²) in [5.74, 6) is 1.76. The Morgan fingerprint density at radius 2 is 1.61 bits per heavy atom. The lowest BCUT2D eigenvalue weighted by molar-refractivity contribution is 0.122. The molecule has 0 bridgehead atoms. The Labute approximate surface area is 184 Å². The first-order valence-electron chi connectivity index (χ1n) is 11.2. The maximum atomic E-state index is 6.03. The summed E-state index contributed by atoms with van der Waals surface area (Å²) >= 11 is 0. The molecule has 1 aliphatic carbocycles. The van der Waals surface area contributed by atoms with Crippen LogP contribution in [0, 0.1) is 6.92 Å². The Hall–Kier alpha value is -2.92. The van der Waals surface area contributed by atoms with Crippen LogP contribution in [0.25, 0.3) is 0 Å². The minimum Gasteiger partial charge on any atom is -0.487 e. The molecule has 3 aromatic rings. The second-order valence-electron chi connectivity index (χ2n) is 8.58. The lowest BCUT2D eigenvalue weighted by Crippen LogP contribution is -2.37. The molecule has 0 spiro atoms. The maximum absolute atomic E-state index is 6.03. The molecule has 31 heavy (non-hydrogen) atoms. The van der Waals surface area contributed by atoms with Crippen molar-refractivity contribution < 1.29 is 9.47 Å². The normalized spacial score (nSPS) is 17.8. The van der Waals surface area contributed by atoms with Gasteiger partial charge in [-0.15, -0.1) is 0 Å². The van der Waals surface area contributed by atoms with Crippen molar-refractivity contribution >= 4 is 5.82 Å². The topological polar surface area (TPSA) is 47.5 Å². The van der Waals surface area contributed by atoms with Crippen molar-refractivity contribution in [1.29, 1.82) is 0 Å². The highest BCUT2D eigenvalue weighted by Gasteiger charge is 2.40. The van der Waals surface area contributed by atoms with Gasteiger partial charge in [-0.05, 0) is 43.0 Å². The Morgan fingerprint density at radius 1 is 0.935 bits per heavy atom. The van der Waals surface area contributed by atoms with Gasteiger partial charge in [0.25, 0.3) is 0 Å². The van der Waals surface area contributed by atoms with Gasteiger partial charge in [0.2, 0.25) is 0 Å². The fourth-order valence-corrected chi connectivity index (χ4v) is 4.58. The van der Waals surface area contributed by atoms with Gasteiger partial charge in [0, 0.05) is 18.5 Å². The molecule has 2 fully saturated rings. The molecule has 1 aliphatic heterocycles. The average molecular weight is 416 g/mol. The van der Waals surface area contributed by atoms with Gasteiger partial charge in [-0.25, -0.2) is 4.98 Å². The minimum atomic E-state index is 0.157. The maximum Gasteiger partial charge on any atom is 0.147 e. The van der Waals surface area contributed by atoms with Crippen LogP contribution in [0.1, 0.15) is 41.6 Å². The molecule has 2 aromatic carbocycles. The summed E-state index contributed by atoms with van der Waals surface area (Å²) in [6.07, 6.45) is 7.29. The Balaban J connectivity index is 1.26. The van der Waals surface area contributed by atoms with E-state index in [9.17, 15) is 0 Å². The Morgan fingerprint density at radius 3 is 2.26 bits per heavy atom. The van der Waals surface area contributed by atoms with E-state index in [1.165, 1.54) is 36.0 Å². The Bertz CT molecular complexity index is 1010. The smallest absolute Gasteiger partial charge is 0.147 e. The second-order valence-corrected chi connectivity index (χ2v) is 8.58. The van der Waals surface area contributed by atoms with E-state index in [0.29, 0.717) is 6.61 Å². The highest BCUT2D eigenvalue weighted by atomic mass is 16.5. The van der Waals surface area contributed by atoms with Crippen molar-refractivity contribution in [3.05, 3.63) is 83.3 Å². The third-order valence-electron chi connectivity index (χ3n) is 6.61. The van der Waals surface area contributed by atoms with Crippen molar-refractivity contribution in [2.45, 2.75) is 38.2 Å². The summed E-state index contributed by atoms with van der Waals surface area (Å²) in [6, 6.07) is 17.6. The number of rotatable bonds is 6. The van der Waals surface area contributed by atoms with E-state index in [4.69, 9.17) is 14.5 Å². The monoisotopic (exact) mass is 415 g/mol. The van der Waals surface area contributed by atoms with Crippen LogP contribution in [0.4, 0.5) is 5.82 Å². The zero-order valence-corrected chi connectivity index (χ0v) is 18.1. The van der Waals surface area contributed by atoms with Gasteiger partial charge < -0.3 is 14.4 Å². The molecule has 5 heteroatoms. The van der Waals surface area contributed by atoms with Gasteiger partial charge in [0.15, 0.2) is 0 Å². The van der Waals surface area contributed by atoms with Crippen LogP contribution in [0.5, 0.6) is 5.75 Å². The molecule has 5 rings (SSSR count). The largest absolute Gasteiger partial charge is 0.487 e. The molecule has 2 heterocycles. The summed E-state index contributed by atoms with van der Waals surface area (Å²) in [4.78, 5) is 11.3. The first-order chi connectivity index (χ1) is 15.2. The van der Waals surface area contributed by atoms with Crippen LogP contribution >= 0.6 is 0 Å². The summed E-state index contributed by atoms with van der Waals surface area (Å²) in [5, 5.41) is 0. The second kappa shape index (κ2) is 8.67. The first kappa shape index (κ1) is 20.0. The Kier molecular flexibility index (Phi) is 5.60. The molecule has 1 saturated carbocycles. The van der Waals surface area contributed by atoms with Gasteiger partial charge >= 0.3 is 0 Å². The number of anilines is 1. The van der Waals surface area contributed by atoms with Gasteiger partial charge in [0.1, 0.15) is 18.2 Å². The lowest BCUT2D eigenvalue weighted by atomic mass is 9.60. The van der Waals surface area contributed by atoms with E-state index in [1.807, 2.05) is 6.20 Å². The van der Waals surface area contributed by atoms with Gasteiger partial charge in [-0.3, -0.25) is 4.98 Å². The van der Waals surface area contributed by atoms with E-state index in [0.717, 1.165) is 43.6 Å². The molecule has 1 saturated heterocycles. The molecule has 1 aromatic heterocycles.